The summed E-state index contributed by atoms with van der Waals surface area (Å²) >= 11 is 0. The number of rotatable bonds is 3. The minimum atomic E-state index is -4.61. The molecule has 10 heteroatoms. The fourth-order valence-electron chi connectivity index (χ4n) is 3.41. The number of imide groups is 1. The van der Waals surface area contributed by atoms with Gasteiger partial charge < -0.3 is 0 Å². The maximum absolute atomic E-state index is 13.2. The number of nitrogens with zero attached hydrogens (tertiary/aromatic N) is 2. The molecular weight excluding hydrogens is 462 g/mol. The Morgan fingerprint density at radius 1 is 0.588 bits per heavy atom. The molecule has 0 unspecified atom stereocenters. The topological polar surface area (TPSA) is 40.6 Å². The first-order valence-corrected chi connectivity index (χ1v) is 9.76. The van der Waals surface area contributed by atoms with Crippen LogP contribution in [0.15, 0.2) is 84.6 Å². The van der Waals surface area contributed by atoms with E-state index in [2.05, 4.69) is 0 Å². The smallest absolute Gasteiger partial charge is 0.266 e. The highest BCUT2D eigenvalue weighted by Gasteiger charge is 2.43. The van der Waals surface area contributed by atoms with Crippen LogP contribution in [0.5, 0.6) is 0 Å². The number of hydrogen-bond acceptors (Lipinski definition) is 2. The molecular formula is C24H14F6N2O2. The molecule has 3 amide bonds. The SMILES string of the molecule is O=C1/C(=C/c2ccccc2)N(c2ccc(C(F)(F)F)cc2)C(=O)N1c1ccc(C(F)(F)F)cc1. The van der Waals surface area contributed by atoms with E-state index in [9.17, 15) is 35.9 Å². The molecule has 3 aromatic carbocycles. The minimum absolute atomic E-state index is 0.0112. The molecule has 0 spiro atoms. The Bertz CT molecular complexity index is 1250. The van der Waals surface area contributed by atoms with Crippen molar-refractivity contribution in [2.45, 2.75) is 12.4 Å². The number of anilines is 2. The van der Waals surface area contributed by atoms with Crippen molar-refractivity contribution < 1.29 is 35.9 Å². The zero-order valence-electron chi connectivity index (χ0n) is 17.1. The van der Waals surface area contributed by atoms with Crippen molar-refractivity contribution >= 4 is 29.4 Å². The van der Waals surface area contributed by atoms with Crippen LogP contribution in [0.25, 0.3) is 6.08 Å². The summed E-state index contributed by atoms with van der Waals surface area (Å²) in [5.74, 6) is -0.839. The van der Waals surface area contributed by atoms with Crippen molar-refractivity contribution in [1.29, 1.82) is 0 Å². The fourth-order valence-corrected chi connectivity index (χ4v) is 3.41. The van der Waals surface area contributed by atoms with E-state index in [4.69, 9.17) is 0 Å². The second-order valence-corrected chi connectivity index (χ2v) is 7.29. The fraction of sp³-hybridized carbons (Fsp3) is 0.0833. The van der Waals surface area contributed by atoms with Crippen LogP contribution in [0, 0.1) is 0 Å². The van der Waals surface area contributed by atoms with Gasteiger partial charge in [0, 0.05) is 0 Å². The molecule has 0 aliphatic carbocycles. The van der Waals surface area contributed by atoms with Gasteiger partial charge in [0.15, 0.2) is 0 Å². The molecule has 0 N–H and O–H groups in total. The molecule has 1 aliphatic heterocycles. The molecule has 1 aliphatic rings. The van der Waals surface area contributed by atoms with Crippen LogP contribution in [0.4, 0.5) is 42.5 Å². The minimum Gasteiger partial charge on any atom is -0.266 e. The van der Waals surface area contributed by atoms with Gasteiger partial charge in [0.2, 0.25) is 0 Å². The Balaban J connectivity index is 1.79. The number of carbonyl (C=O) groups excluding carboxylic acids is 2. The quantitative estimate of drug-likeness (QED) is 0.239. The van der Waals surface area contributed by atoms with Crippen molar-refractivity contribution in [1.82, 2.24) is 0 Å². The number of carbonyl (C=O) groups is 2. The van der Waals surface area contributed by atoms with Crippen LogP contribution >= 0.6 is 0 Å². The summed E-state index contributed by atoms with van der Waals surface area (Å²) in [4.78, 5) is 28.0. The zero-order chi connectivity index (χ0) is 24.7. The van der Waals surface area contributed by atoms with Gasteiger partial charge in [0.05, 0.1) is 22.5 Å². The van der Waals surface area contributed by atoms with E-state index in [1.165, 1.54) is 6.08 Å². The van der Waals surface area contributed by atoms with Crippen LogP contribution in [-0.2, 0) is 17.1 Å². The molecule has 1 fully saturated rings. The number of benzene rings is 3. The average Bonchev–Trinajstić information content (AvgIpc) is 3.03. The molecule has 174 valence electrons. The first-order chi connectivity index (χ1) is 16.0. The van der Waals surface area contributed by atoms with E-state index < -0.39 is 35.4 Å². The van der Waals surface area contributed by atoms with Crippen LogP contribution in [0.1, 0.15) is 16.7 Å². The van der Waals surface area contributed by atoms with Crippen molar-refractivity contribution in [3.8, 4) is 0 Å². The number of alkyl halides is 6. The van der Waals surface area contributed by atoms with Gasteiger partial charge in [-0.2, -0.15) is 26.3 Å². The number of hydrogen-bond donors (Lipinski definition) is 0. The maximum Gasteiger partial charge on any atom is 0.416 e. The lowest BCUT2D eigenvalue weighted by molar-refractivity contribution is -0.138. The highest BCUT2D eigenvalue weighted by Crippen LogP contribution is 2.37. The van der Waals surface area contributed by atoms with Gasteiger partial charge in [-0.15, -0.1) is 0 Å². The molecule has 0 saturated carbocycles. The highest BCUT2D eigenvalue weighted by atomic mass is 19.4. The van der Waals surface area contributed by atoms with Gasteiger partial charge in [-0.25, -0.2) is 9.69 Å². The van der Waals surface area contributed by atoms with Crippen molar-refractivity contribution in [3.63, 3.8) is 0 Å². The van der Waals surface area contributed by atoms with Gasteiger partial charge in [-0.05, 0) is 60.2 Å². The predicted molar refractivity (Wildman–Crippen MR) is 113 cm³/mol. The van der Waals surface area contributed by atoms with E-state index in [-0.39, 0.29) is 17.1 Å². The summed E-state index contributed by atoms with van der Waals surface area (Å²) in [5.41, 5.74) is -1.67. The van der Waals surface area contributed by atoms with Gasteiger partial charge in [-0.3, -0.25) is 9.69 Å². The molecule has 4 nitrogen and oxygen atoms in total. The molecule has 0 aromatic heterocycles. The monoisotopic (exact) mass is 476 g/mol. The summed E-state index contributed by atoms with van der Waals surface area (Å²) in [6.07, 6.45) is -7.83. The number of amides is 3. The van der Waals surface area contributed by atoms with Crippen LogP contribution in [0.3, 0.4) is 0 Å². The van der Waals surface area contributed by atoms with Gasteiger partial charge in [0.25, 0.3) is 5.91 Å². The highest BCUT2D eigenvalue weighted by molar-refractivity contribution is 6.35. The predicted octanol–water partition coefficient (Wildman–Crippen LogP) is 6.74. The Kier molecular flexibility index (Phi) is 5.68. The number of halogens is 6. The van der Waals surface area contributed by atoms with E-state index in [1.807, 2.05) is 0 Å². The summed E-state index contributed by atoms with van der Waals surface area (Å²) in [6.45, 7) is 0. The van der Waals surface area contributed by atoms with E-state index in [0.717, 1.165) is 53.4 Å². The standard InChI is InChI=1S/C24H14F6N2O2/c25-23(26,27)16-6-10-18(11-7-16)31-20(14-15-4-2-1-3-5-15)21(33)32(22(31)34)19-12-8-17(9-13-19)24(28,29)30/h1-14H/b20-14-. The molecule has 4 rings (SSSR count). The van der Waals surface area contributed by atoms with Crippen LogP contribution < -0.4 is 9.80 Å². The summed E-state index contributed by atoms with van der Waals surface area (Å²) in [5, 5.41) is 0. The average molecular weight is 476 g/mol. The zero-order valence-corrected chi connectivity index (χ0v) is 17.1. The van der Waals surface area contributed by atoms with E-state index >= 15 is 0 Å². The molecule has 0 bridgehead atoms. The Hall–Kier alpha value is -4.08. The van der Waals surface area contributed by atoms with Gasteiger partial charge in [0.1, 0.15) is 5.70 Å². The lowest BCUT2D eigenvalue weighted by Crippen LogP contribution is -2.33. The van der Waals surface area contributed by atoms with Crippen molar-refractivity contribution in [2.24, 2.45) is 0 Å². The molecule has 34 heavy (non-hydrogen) atoms. The second-order valence-electron chi connectivity index (χ2n) is 7.29. The van der Waals surface area contributed by atoms with Crippen LogP contribution in [0.2, 0.25) is 0 Å². The summed E-state index contributed by atoms with van der Waals surface area (Å²) < 4.78 is 77.6. The molecule has 3 aromatic rings. The second kappa shape index (κ2) is 8.36. The van der Waals surface area contributed by atoms with Crippen LogP contribution in [-0.4, -0.2) is 11.9 Å². The lowest BCUT2D eigenvalue weighted by Gasteiger charge is -2.18. The first-order valence-electron chi connectivity index (χ1n) is 9.76. The number of urea groups is 1. The van der Waals surface area contributed by atoms with E-state index in [1.54, 1.807) is 30.3 Å². The van der Waals surface area contributed by atoms with Gasteiger partial charge in [-0.1, -0.05) is 30.3 Å². The van der Waals surface area contributed by atoms with Crippen molar-refractivity contribution in [3.05, 3.63) is 101 Å². The van der Waals surface area contributed by atoms with E-state index in [0.29, 0.717) is 10.5 Å². The molecule has 1 saturated heterocycles. The molecule has 1 heterocycles. The third kappa shape index (κ3) is 4.39. The third-order valence-corrected chi connectivity index (χ3v) is 5.05. The van der Waals surface area contributed by atoms with Crippen molar-refractivity contribution in [2.75, 3.05) is 9.80 Å². The molecule has 0 radical (unpaired) electrons. The molecule has 0 atom stereocenters. The Labute approximate surface area is 189 Å². The lowest BCUT2D eigenvalue weighted by atomic mass is 10.1. The first kappa shape index (κ1) is 23.1. The summed E-state index contributed by atoms with van der Waals surface area (Å²) in [7, 11) is 0. The normalized spacial score (nSPS) is 16.0. The third-order valence-electron chi connectivity index (χ3n) is 5.05. The Morgan fingerprint density at radius 3 is 1.47 bits per heavy atom. The van der Waals surface area contributed by atoms with Gasteiger partial charge >= 0.3 is 18.4 Å². The Morgan fingerprint density at radius 2 is 1.03 bits per heavy atom. The largest absolute Gasteiger partial charge is 0.416 e. The summed E-state index contributed by atoms with van der Waals surface area (Å²) in [6, 6.07) is 14.5. The maximum atomic E-state index is 13.2.